The Bertz CT molecular complexity index is 747. The number of piperidine rings is 1. The molecule has 1 amide bonds. The van der Waals surface area contributed by atoms with Crippen LogP contribution < -0.4 is 5.32 Å². The van der Waals surface area contributed by atoms with Crippen molar-refractivity contribution < 1.29 is 23.4 Å². The highest BCUT2D eigenvalue weighted by atomic mass is 32.2. The van der Waals surface area contributed by atoms with Crippen LogP contribution in [0.25, 0.3) is 0 Å². The summed E-state index contributed by atoms with van der Waals surface area (Å²) in [5.41, 5.74) is -1.10. The van der Waals surface area contributed by atoms with Crippen molar-refractivity contribution in [3.05, 3.63) is 29.8 Å². The Kier molecular flexibility index (Phi) is 5.15. The number of sulfonamides is 1. The maximum atomic E-state index is 12.9. The zero-order valence-corrected chi connectivity index (χ0v) is 14.8. The van der Waals surface area contributed by atoms with Crippen molar-refractivity contribution in [2.45, 2.75) is 48.6 Å². The molecule has 8 heteroatoms. The van der Waals surface area contributed by atoms with E-state index in [0.29, 0.717) is 18.4 Å². The lowest BCUT2D eigenvalue weighted by atomic mass is 9.93. The molecule has 1 heterocycles. The van der Waals surface area contributed by atoms with E-state index in [4.69, 9.17) is 0 Å². The number of carbonyl (C=O) groups excluding carboxylic acids is 1. The van der Waals surface area contributed by atoms with Crippen LogP contribution in [0.4, 0.5) is 0 Å². The Hall–Kier alpha value is -1.48. The summed E-state index contributed by atoms with van der Waals surface area (Å²) in [5, 5.41) is 22.4. The predicted octanol–water partition coefficient (Wildman–Crippen LogP) is 0.477. The number of carbonyl (C=O) groups is 1. The zero-order chi connectivity index (χ0) is 18.1. The van der Waals surface area contributed by atoms with Crippen molar-refractivity contribution in [1.29, 1.82) is 0 Å². The lowest BCUT2D eigenvalue weighted by molar-refractivity contribution is -0.0496. The normalized spacial score (nSPS) is 25.4. The van der Waals surface area contributed by atoms with Crippen LogP contribution in [0.5, 0.6) is 0 Å². The maximum absolute atomic E-state index is 12.9. The lowest BCUT2D eigenvalue weighted by Crippen LogP contribution is -2.52. The smallest absolute Gasteiger partial charge is 0.251 e. The van der Waals surface area contributed by atoms with Crippen molar-refractivity contribution in [1.82, 2.24) is 9.62 Å². The fourth-order valence-electron chi connectivity index (χ4n) is 3.17. The molecule has 0 bridgehead atoms. The minimum absolute atomic E-state index is 0.0240. The van der Waals surface area contributed by atoms with E-state index in [2.05, 4.69) is 5.32 Å². The minimum Gasteiger partial charge on any atom is -0.393 e. The number of rotatable bonds is 5. The second-order valence-electron chi connectivity index (χ2n) is 6.95. The first-order chi connectivity index (χ1) is 11.8. The molecule has 1 unspecified atom stereocenters. The summed E-state index contributed by atoms with van der Waals surface area (Å²) in [4.78, 5) is 12.3. The van der Waals surface area contributed by atoms with E-state index in [1.165, 1.54) is 16.4 Å². The second kappa shape index (κ2) is 7.03. The van der Waals surface area contributed by atoms with Gasteiger partial charge in [0.05, 0.1) is 11.5 Å². The molecule has 0 aromatic heterocycles. The summed E-state index contributed by atoms with van der Waals surface area (Å²) in [6, 6.07) is 6.13. The number of amides is 1. The molecule has 0 radical (unpaired) electrons. The molecule has 2 aliphatic rings. The van der Waals surface area contributed by atoms with Crippen molar-refractivity contribution in [3.63, 3.8) is 0 Å². The van der Waals surface area contributed by atoms with Crippen LogP contribution in [0.15, 0.2) is 29.2 Å². The number of β-amino-alcohol motifs (C(OH)–C–C–N with tert-alkyl or cyclic N) is 1. The third kappa shape index (κ3) is 3.87. The highest BCUT2D eigenvalue weighted by Crippen LogP contribution is 2.27. The van der Waals surface area contributed by atoms with Gasteiger partial charge in [0.1, 0.15) is 5.60 Å². The van der Waals surface area contributed by atoms with E-state index in [9.17, 15) is 23.4 Å². The van der Waals surface area contributed by atoms with Gasteiger partial charge >= 0.3 is 0 Å². The van der Waals surface area contributed by atoms with Gasteiger partial charge in [0.15, 0.2) is 0 Å². The number of nitrogens with one attached hydrogen (secondary N) is 1. The molecule has 7 nitrogen and oxygen atoms in total. The van der Waals surface area contributed by atoms with Gasteiger partial charge in [0.2, 0.25) is 10.0 Å². The van der Waals surface area contributed by atoms with E-state index < -0.39 is 22.2 Å². The van der Waals surface area contributed by atoms with E-state index in [-0.39, 0.29) is 29.9 Å². The highest BCUT2D eigenvalue weighted by Gasteiger charge is 2.38. The molecule has 3 rings (SSSR count). The van der Waals surface area contributed by atoms with E-state index in [1.54, 1.807) is 12.1 Å². The Morgan fingerprint density at radius 2 is 2.08 bits per heavy atom. The molecule has 3 N–H and O–H groups in total. The molecule has 25 heavy (non-hydrogen) atoms. The first kappa shape index (κ1) is 18.3. The average molecular weight is 368 g/mol. The summed E-state index contributed by atoms with van der Waals surface area (Å²) in [6.07, 6.45) is 3.84. The first-order valence-electron chi connectivity index (χ1n) is 8.58. The van der Waals surface area contributed by atoms with Crippen LogP contribution in [0.2, 0.25) is 0 Å². The maximum Gasteiger partial charge on any atom is 0.251 e. The number of hydrogen-bond donors (Lipinski definition) is 3. The number of hydrogen-bond acceptors (Lipinski definition) is 5. The van der Waals surface area contributed by atoms with Gasteiger partial charge < -0.3 is 15.5 Å². The monoisotopic (exact) mass is 368 g/mol. The summed E-state index contributed by atoms with van der Waals surface area (Å²) in [6.45, 7) is -0.351. The molecule has 1 aromatic rings. The quantitative estimate of drug-likeness (QED) is 0.701. The third-order valence-electron chi connectivity index (χ3n) is 4.99. The van der Waals surface area contributed by atoms with Crippen molar-refractivity contribution >= 4 is 15.9 Å². The van der Waals surface area contributed by atoms with Gasteiger partial charge in [-0.15, -0.1) is 0 Å². The first-order valence-corrected chi connectivity index (χ1v) is 10.0. The number of nitrogens with zero attached hydrogens (tertiary/aromatic N) is 1. The zero-order valence-electron chi connectivity index (χ0n) is 14.0. The number of benzene rings is 1. The molecular weight excluding hydrogens is 344 g/mol. The Morgan fingerprint density at radius 1 is 1.32 bits per heavy atom. The van der Waals surface area contributed by atoms with E-state index >= 15 is 0 Å². The standard InChI is InChI=1S/C17H24N2O5S/c20-12-17(22)8-3-9-19(11-17)25(23,24)15-7-1-4-13(10-15)16(21)18-14-5-2-6-14/h1,4,7,10,14,20,22H,2-3,5-6,8-9,11-12H2,(H,18,21). The molecule has 1 aromatic carbocycles. The summed E-state index contributed by atoms with van der Waals surface area (Å²) >= 11 is 0. The largest absolute Gasteiger partial charge is 0.393 e. The van der Waals surface area contributed by atoms with Crippen LogP contribution >= 0.6 is 0 Å². The topological polar surface area (TPSA) is 107 Å². The lowest BCUT2D eigenvalue weighted by Gasteiger charge is -2.37. The molecule has 1 saturated heterocycles. The molecule has 1 saturated carbocycles. The van der Waals surface area contributed by atoms with Gasteiger partial charge in [0.25, 0.3) is 5.91 Å². The van der Waals surface area contributed by atoms with Crippen LogP contribution in [-0.4, -0.2) is 60.2 Å². The summed E-state index contributed by atoms with van der Waals surface area (Å²) < 4.78 is 26.9. The van der Waals surface area contributed by atoms with Crippen LogP contribution in [0.1, 0.15) is 42.5 Å². The van der Waals surface area contributed by atoms with Crippen molar-refractivity contribution in [2.75, 3.05) is 19.7 Å². The Morgan fingerprint density at radius 3 is 2.72 bits per heavy atom. The van der Waals surface area contributed by atoms with Gasteiger partial charge in [-0.1, -0.05) is 6.07 Å². The van der Waals surface area contributed by atoms with E-state index in [0.717, 1.165) is 19.3 Å². The van der Waals surface area contributed by atoms with Gasteiger partial charge in [-0.3, -0.25) is 4.79 Å². The van der Waals surface area contributed by atoms with Gasteiger partial charge in [-0.2, -0.15) is 4.31 Å². The molecule has 1 atom stereocenters. The molecule has 138 valence electrons. The fourth-order valence-corrected chi connectivity index (χ4v) is 4.78. The number of aliphatic hydroxyl groups is 2. The van der Waals surface area contributed by atoms with Crippen molar-refractivity contribution in [2.24, 2.45) is 0 Å². The van der Waals surface area contributed by atoms with Crippen LogP contribution in [0, 0.1) is 0 Å². The van der Waals surface area contributed by atoms with Crippen LogP contribution in [-0.2, 0) is 10.0 Å². The SMILES string of the molecule is O=C(NC1CCC1)c1cccc(S(=O)(=O)N2CCCC(O)(CO)C2)c1. The Labute approximate surface area is 147 Å². The van der Waals surface area contributed by atoms with Gasteiger partial charge in [0, 0.05) is 24.7 Å². The minimum atomic E-state index is -3.84. The van der Waals surface area contributed by atoms with E-state index in [1.807, 2.05) is 0 Å². The Balaban J connectivity index is 1.80. The fraction of sp³-hybridized carbons (Fsp3) is 0.588. The summed E-state index contributed by atoms with van der Waals surface area (Å²) in [5.74, 6) is -0.271. The van der Waals surface area contributed by atoms with Gasteiger partial charge in [-0.05, 0) is 50.3 Å². The summed E-state index contributed by atoms with van der Waals surface area (Å²) in [7, 11) is -3.84. The molecular formula is C17H24N2O5S. The van der Waals surface area contributed by atoms with Gasteiger partial charge in [-0.25, -0.2) is 8.42 Å². The van der Waals surface area contributed by atoms with Crippen molar-refractivity contribution in [3.8, 4) is 0 Å². The molecule has 0 spiro atoms. The third-order valence-corrected chi connectivity index (χ3v) is 6.83. The average Bonchev–Trinajstić information content (AvgIpc) is 2.58. The van der Waals surface area contributed by atoms with Crippen LogP contribution in [0.3, 0.4) is 0 Å². The molecule has 1 aliphatic heterocycles. The highest BCUT2D eigenvalue weighted by molar-refractivity contribution is 7.89. The predicted molar refractivity (Wildman–Crippen MR) is 91.6 cm³/mol. The molecule has 1 aliphatic carbocycles. The molecule has 2 fully saturated rings. The number of aliphatic hydroxyl groups excluding tert-OH is 1. The second-order valence-corrected chi connectivity index (χ2v) is 8.89.